The molecule has 4 rings (SSSR count). The number of benzene rings is 2. The van der Waals surface area contributed by atoms with Crippen molar-refractivity contribution in [2.24, 2.45) is 5.92 Å². The molecule has 1 aliphatic rings. The van der Waals surface area contributed by atoms with Gasteiger partial charge in [0.25, 0.3) is 0 Å². The van der Waals surface area contributed by atoms with Gasteiger partial charge in [-0.25, -0.2) is 4.98 Å². The van der Waals surface area contributed by atoms with Gasteiger partial charge in [0.2, 0.25) is 0 Å². The van der Waals surface area contributed by atoms with Gasteiger partial charge in [-0.1, -0.05) is 60.7 Å². The highest BCUT2D eigenvalue weighted by Crippen LogP contribution is 2.49. The molecule has 3 heteroatoms. The highest BCUT2D eigenvalue weighted by molar-refractivity contribution is 5.47. The summed E-state index contributed by atoms with van der Waals surface area (Å²) in [6.45, 7) is 2.02. The molecule has 0 N–H and O–H groups in total. The Hall–Kier alpha value is -2.86. The molecule has 1 fully saturated rings. The minimum atomic E-state index is -0.604. The summed E-state index contributed by atoms with van der Waals surface area (Å²) in [5, 5.41) is 10.4. The lowest BCUT2D eigenvalue weighted by molar-refractivity contribution is 0.381. The molecule has 26 heavy (non-hydrogen) atoms. The zero-order valence-electron chi connectivity index (χ0n) is 15.0. The quantitative estimate of drug-likeness (QED) is 0.667. The van der Waals surface area contributed by atoms with Crippen molar-refractivity contribution in [1.82, 2.24) is 9.55 Å². The van der Waals surface area contributed by atoms with Crippen LogP contribution in [0.4, 0.5) is 0 Å². The number of nitrogens with zero attached hydrogens (tertiary/aromatic N) is 3. The maximum absolute atomic E-state index is 10.4. The monoisotopic (exact) mass is 341 g/mol. The zero-order valence-corrected chi connectivity index (χ0v) is 15.0. The van der Waals surface area contributed by atoms with E-state index in [9.17, 15) is 5.26 Å². The summed E-state index contributed by atoms with van der Waals surface area (Å²) in [5.41, 5.74) is 2.64. The number of nitriles is 1. The van der Waals surface area contributed by atoms with Crippen molar-refractivity contribution in [2.75, 3.05) is 0 Å². The molecule has 2 atom stereocenters. The second-order valence-corrected chi connectivity index (χ2v) is 7.28. The smallest absolute Gasteiger partial charge is 0.110 e. The summed E-state index contributed by atoms with van der Waals surface area (Å²) in [5.74, 6) is 0.282. The molecule has 1 aromatic heterocycles. The normalized spacial score (nSPS) is 20.0. The van der Waals surface area contributed by atoms with Crippen LogP contribution in [0, 0.1) is 24.2 Å². The Kier molecular flexibility index (Phi) is 4.34. The number of hydrogen-bond acceptors (Lipinski definition) is 2. The first kappa shape index (κ1) is 16.6. The van der Waals surface area contributed by atoms with Crippen LogP contribution in [0.3, 0.4) is 0 Å². The van der Waals surface area contributed by atoms with Gasteiger partial charge < -0.3 is 4.57 Å². The molecular weight excluding hydrogens is 318 g/mol. The Labute approximate surface area is 154 Å². The lowest BCUT2D eigenvalue weighted by Gasteiger charge is -2.34. The Morgan fingerprint density at radius 3 is 2.12 bits per heavy atom. The maximum atomic E-state index is 10.4. The van der Waals surface area contributed by atoms with Crippen LogP contribution < -0.4 is 0 Å². The van der Waals surface area contributed by atoms with E-state index in [1.807, 2.05) is 49.6 Å². The zero-order chi connectivity index (χ0) is 18.0. The largest absolute Gasteiger partial charge is 0.334 e. The molecule has 130 valence electrons. The molecule has 1 saturated carbocycles. The Balaban J connectivity index is 1.76. The number of aryl methyl sites for hydroxylation is 1. The first-order valence-electron chi connectivity index (χ1n) is 9.26. The van der Waals surface area contributed by atoms with Crippen molar-refractivity contribution in [3.8, 4) is 6.07 Å². The van der Waals surface area contributed by atoms with Gasteiger partial charge in [-0.2, -0.15) is 5.26 Å². The van der Waals surface area contributed by atoms with Crippen molar-refractivity contribution < 1.29 is 0 Å². The van der Waals surface area contributed by atoms with Crippen molar-refractivity contribution in [1.29, 1.82) is 5.26 Å². The van der Waals surface area contributed by atoms with E-state index in [1.54, 1.807) is 0 Å². The van der Waals surface area contributed by atoms with Crippen LogP contribution in [0.1, 0.15) is 42.1 Å². The predicted molar refractivity (Wildman–Crippen MR) is 103 cm³/mol. The first-order chi connectivity index (χ1) is 12.7. The number of aromatic nitrogens is 2. The van der Waals surface area contributed by atoms with Crippen LogP contribution >= 0.6 is 0 Å². The van der Waals surface area contributed by atoms with E-state index in [1.165, 1.54) is 0 Å². The summed E-state index contributed by atoms with van der Waals surface area (Å²) < 4.78 is 2.23. The maximum Gasteiger partial charge on any atom is 0.110 e. The average molecular weight is 341 g/mol. The van der Waals surface area contributed by atoms with Gasteiger partial charge in [-0.05, 0) is 43.2 Å². The van der Waals surface area contributed by atoms with Crippen LogP contribution in [-0.2, 0) is 5.41 Å². The molecule has 0 unspecified atom stereocenters. The third kappa shape index (κ3) is 2.72. The Bertz CT molecular complexity index is 866. The fourth-order valence-corrected chi connectivity index (χ4v) is 4.52. The fourth-order valence-electron chi connectivity index (χ4n) is 4.52. The van der Waals surface area contributed by atoms with Crippen molar-refractivity contribution in [3.63, 3.8) is 0 Å². The lowest BCUT2D eigenvalue weighted by Crippen LogP contribution is -2.34. The van der Waals surface area contributed by atoms with Crippen molar-refractivity contribution >= 4 is 0 Å². The van der Waals surface area contributed by atoms with Gasteiger partial charge in [0.15, 0.2) is 0 Å². The van der Waals surface area contributed by atoms with Gasteiger partial charge in [-0.3, -0.25) is 0 Å². The standard InChI is InChI=1S/C23H23N3/c1-18-15-26(17-25-18)22-13-12-21(14-22)23(16-24,19-8-4-2-5-9-19)20-10-6-3-7-11-20/h2-11,15,17,21-22H,12-14H2,1H3/t21-,22-/m0/s1. The first-order valence-corrected chi connectivity index (χ1v) is 9.26. The Morgan fingerprint density at radius 2 is 1.62 bits per heavy atom. The molecule has 1 heterocycles. The summed E-state index contributed by atoms with van der Waals surface area (Å²) >= 11 is 0. The molecule has 3 aromatic rings. The topological polar surface area (TPSA) is 41.6 Å². The molecule has 1 aliphatic carbocycles. The third-order valence-corrected chi connectivity index (χ3v) is 5.80. The molecular formula is C23H23N3. The van der Waals surface area contributed by atoms with E-state index in [4.69, 9.17) is 0 Å². The van der Waals surface area contributed by atoms with E-state index in [0.29, 0.717) is 6.04 Å². The molecule has 0 radical (unpaired) electrons. The van der Waals surface area contributed by atoms with Crippen molar-refractivity contribution in [2.45, 2.75) is 37.6 Å². The molecule has 2 aromatic carbocycles. The van der Waals surface area contributed by atoms with Gasteiger partial charge in [0, 0.05) is 12.2 Å². The van der Waals surface area contributed by atoms with Gasteiger partial charge in [-0.15, -0.1) is 0 Å². The summed E-state index contributed by atoms with van der Waals surface area (Å²) in [6.07, 6.45) is 7.17. The fraction of sp³-hybridized carbons (Fsp3) is 0.304. The number of hydrogen-bond donors (Lipinski definition) is 0. The molecule has 0 bridgehead atoms. The van der Waals surface area contributed by atoms with Crippen LogP contribution in [0.5, 0.6) is 0 Å². The van der Waals surface area contributed by atoms with E-state index < -0.39 is 5.41 Å². The molecule has 0 saturated heterocycles. The highest BCUT2D eigenvalue weighted by Gasteiger charge is 2.46. The van der Waals surface area contributed by atoms with E-state index >= 15 is 0 Å². The van der Waals surface area contributed by atoms with Crippen molar-refractivity contribution in [3.05, 3.63) is 90.0 Å². The second-order valence-electron chi connectivity index (χ2n) is 7.28. The van der Waals surface area contributed by atoms with Crippen LogP contribution in [-0.4, -0.2) is 9.55 Å². The lowest BCUT2D eigenvalue weighted by atomic mass is 9.66. The molecule has 0 amide bonds. The SMILES string of the molecule is Cc1cn([C@H]2CC[C@H](C(C#N)(c3ccccc3)c3ccccc3)C2)cn1. The minimum Gasteiger partial charge on any atom is -0.334 e. The second kappa shape index (κ2) is 6.80. The minimum absolute atomic E-state index is 0.282. The van der Waals surface area contributed by atoms with Gasteiger partial charge in [0.05, 0.1) is 18.1 Å². The van der Waals surface area contributed by atoms with Crippen LogP contribution in [0.15, 0.2) is 73.2 Å². The van der Waals surface area contributed by atoms with Crippen LogP contribution in [0.2, 0.25) is 0 Å². The third-order valence-electron chi connectivity index (χ3n) is 5.80. The van der Waals surface area contributed by atoms with Gasteiger partial charge in [0.1, 0.15) is 5.41 Å². The van der Waals surface area contributed by atoms with E-state index in [2.05, 4.69) is 46.1 Å². The number of imidazole rings is 1. The molecule has 0 aliphatic heterocycles. The summed E-state index contributed by atoms with van der Waals surface area (Å²) in [4.78, 5) is 4.38. The van der Waals surface area contributed by atoms with E-state index in [-0.39, 0.29) is 5.92 Å². The average Bonchev–Trinajstić information content (AvgIpc) is 3.34. The summed E-state index contributed by atoms with van der Waals surface area (Å²) in [7, 11) is 0. The number of rotatable bonds is 4. The molecule has 0 spiro atoms. The van der Waals surface area contributed by atoms with E-state index in [0.717, 1.165) is 36.1 Å². The highest BCUT2D eigenvalue weighted by atomic mass is 15.1. The molecule has 3 nitrogen and oxygen atoms in total. The van der Waals surface area contributed by atoms with Gasteiger partial charge >= 0.3 is 0 Å². The predicted octanol–water partition coefficient (Wildman–Crippen LogP) is 5.04. The Morgan fingerprint density at radius 1 is 1.00 bits per heavy atom. The van der Waals surface area contributed by atoms with Crippen LogP contribution in [0.25, 0.3) is 0 Å². The summed E-state index contributed by atoms with van der Waals surface area (Å²) in [6, 6.07) is 23.8.